The number of hydrogen-bond acceptors (Lipinski definition) is 4. The molecule has 1 N–H and O–H groups in total. The van der Waals surface area contributed by atoms with Crippen molar-refractivity contribution in [2.45, 2.75) is 31.2 Å². The van der Waals surface area contributed by atoms with Crippen molar-refractivity contribution in [1.82, 2.24) is 4.72 Å². The van der Waals surface area contributed by atoms with Gasteiger partial charge >= 0.3 is 0 Å². The van der Waals surface area contributed by atoms with Gasteiger partial charge in [-0.3, -0.25) is 0 Å². The third-order valence-electron chi connectivity index (χ3n) is 2.70. The summed E-state index contributed by atoms with van der Waals surface area (Å²) in [6.45, 7) is 3.73. The molecule has 0 amide bonds. The SMILES string of the molecule is CCC(C)NS(=O)(=O)c1cc(OC)c(OC)cc1Br. The first kappa shape index (κ1) is 16.3. The second-order valence-corrected chi connectivity index (χ2v) is 6.60. The minimum absolute atomic E-state index is 0.130. The molecule has 0 aliphatic rings. The predicted molar refractivity (Wildman–Crippen MR) is 77.3 cm³/mol. The third kappa shape index (κ3) is 3.84. The van der Waals surface area contributed by atoms with E-state index in [-0.39, 0.29) is 10.9 Å². The zero-order chi connectivity index (χ0) is 14.6. The molecule has 1 rings (SSSR count). The molecular formula is C12H18BrNO4S. The lowest BCUT2D eigenvalue weighted by Gasteiger charge is -2.15. The Balaban J connectivity index is 3.27. The van der Waals surface area contributed by atoms with E-state index in [2.05, 4.69) is 20.7 Å². The highest BCUT2D eigenvalue weighted by Crippen LogP contribution is 2.35. The highest BCUT2D eigenvalue weighted by molar-refractivity contribution is 9.10. The van der Waals surface area contributed by atoms with Crippen molar-refractivity contribution in [2.75, 3.05) is 14.2 Å². The second-order valence-electron chi connectivity index (χ2n) is 4.07. The number of halogens is 1. The van der Waals surface area contributed by atoms with Crippen LogP contribution in [0.4, 0.5) is 0 Å². The molecule has 0 saturated carbocycles. The summed E-state index contributed by atoms with van der Waals surface area (Å²) in [7, 11) is -0.634. The lowest BCUT2D eigenvalue weighted by molar-refractivity contribution is 0.353. The Morgan fingerprint density at radius 2 is 1.79 bits per heavy atom. The van der Waals surface area contributed by atoms with Crippen LogP contribution >= 0.6 is 15.9 Å². The molecule has 0 aliphatic carbocycles. The third-order valence-corrected chi connectivity index (χ3v) is 5.24. The standard InChI is InChI=1S/C12H18BrNO4S/c1-5-8(2)14-19(15,16)12-7-11(18-4)10(17-3)6-9(12)13/h6-8,14H,5H2,1-4H3. The Bertz CT molecular complexity index is 545. The first-order valence-electron chi connectivity index (χ1n) is 5.79. The van der Waals surface area contributed by atoms with Crippen molar-refractivity contribution in [3.8, 4) is 11.5 Å². The quantitative estimate of drug-likeness (QED) is 0.855. The lowest BCUT2D eigenvalue weighted by atomic mass is 10.3. The molecule has 5 nitrogen and oxygen atoms in total. The number of nitrogens with one attached hydrogen (secondary N) is 1. The molecule has 19 heavy (non-hydrogen) atoms. The Hall–Kier alpha value is -0.790. The van der Waals surface area contributed by atoms with E-state index in [4.69, 9.17) is 9.47 Å². The van der Waals surface area contributed by atoms with E-state index >= 15 is 0 Å². The molecule has 1 aromatic rings. The first-order valence-corrected chi connectivity index (χ1v) is 8.07. The summed E-state index contributed by atoms with van der Waals surface area (Å²) in [5.74, 6) is 0.840. The van der Waals surface area contributed by atoms with Gasteiger partial charge in [-0.25, -0.2) is 13.1 Å². The average molecular weight is 352 g/mol. The molecule has 0 spiro atoms. The van der Waals surface area contributed by atoms with Crippen molar-refractivity contribution >= 4 is 26.0 Å². The molecule has 1 aromatic carbocycles. The van der Waals surface area contributed by atoms with Gasteiger partial charge in [-0.05, 0) is 35.3 Å². The molecule has 0 saturated heterocycles. The molecule has 0 radical (unpaired) electrons. The number of hydrogen-bond donors (Lipinski definition) is 1. The van der Waals surface area contributed by atoms with Gasteiger partial charge in [-0.1, -0.05) is 6.92 Å². The summed E-state index contributed by atoms with van der Waals surface area (Å²) >= 11 is 3.24. The molecular weight excluding hydrogens is 334 g/mol. The van der Waals surface area contributed by atoms with E-state index < -0.39 is 10.0 Å². The van der Waals surface area contributed by atoms with E-state index in [1.807, 2.05) is 13.8 Å². The zero-order valence-corrected chi connectivity index (χ0v) is 13.8. The number of methoxy groups -OCH3 is 2. The van der Waals surface area contributed by atoms with E-state index in [0.29, 0.717) is 22.4 Å². The fraction of sp³-hybridized carbons (Fsp3) is 0.500. The Kier molecular flexibility index (Phi) is 5.64. The maximum Gasteiger partial charge on any atom is 0.242 e. The van der Waals surface area contributed by atoms with Crippen LogP contribution in [0.3, 0.4) is 0 Å². The molecule has 0 fully saturated rings. The minimum Gasteiger partial charge on any atom is -0.493 e. The van der Waals surface area contributed by atoms with Crippen LogP contribution in [0.25, 0.3) is 0 Å². The van der Waals surface area contributed by atoms with Gasteiger partial charge in [0.15, 0.2) is 11.5 Å². The Morgan fingerprint density at radius 3 is 2.26 bits per heavy atom. The molecule has 7 heteroatoms. The Morgan fingerprint density at radius 1 is 1.26 bits per heavy atom. The summed E-state index contributed by atoms with van der Waals surface area (Å²) in [5, 5.41) is 0. The van der Waals surface area contributed by atoms with Gasteiger partial charge in [0.1, 0.15) is 4.90 Å². The minimum atomic E-state index is -3.59. The van der Waals surface area contributed by atoms with Crippen molar-refractivity contribution in [3.63, 3.8) is 0 Å². The number of benzene rings is 1. The molecule has 1 atom stereocenters. The molecule has 0 aliphatic heterocycles. The van der Waals surface area contributed by atoms with Gasteiger partial charge in [-0.15, -0.1) is 0 Å². The van der Waals surface area contributed by atoms with Gasteiger partial charge in [0.25, 0.3) is 0 Å². The molecule has 1 unspecified atom stereocenters. The maximum atomic E-state index is 12.3. The lowest BCUT2D eigenvalue weighted by Crippen LogP contribution is -2.32. The first-order chi connectivity index (χ1) is 8.85. The van der Waals surface area contributed by atoms with Crippen LogP contribution in [0, 0.1) is 0 Å². The van der Waals surface area contributed by atoms with Crippen LogP contribution in [0.1, 0.15) is 20.3 Å². The summed E-state index contributed by atoms with van der Waals surface area (Å²) in [6.07, 6.45) is 0.712. The second kappa shape index (κ2) is 6.58. The molecule has 0 aromatic heterocycles. The van der Waals surface area contributed by atoms with E-state index in [9.17, 15) is 8.42 Å². The number of rotatable bonds is 6. The normalized spacial score (nSPS) is 13.1. The summed E-state index contributed by atoms with van der Waals surface area (Å²) in [6, 6.07) is 2.88. The van der Waals surface area contributed by atoms with Gasteiger partial charge in [0, 0.05) is 16.6 Å². The van der Waals surface area contributed by atoms with Crippen LogP contribution in [0.2, 0.25) is 0 Å². The van der Waals surface area contributed by atoms with Crippen LogP contribution in [0.15, 0.2) is 21.5 Å². The van der Waals surface area contributed by atoms with Crippen LogP contribution in [0.5, 0.6) is 11.5 Å². The zero-order valence-electron chi connectivity index (χ0n) is 11.4. The fourth-order valence-electron chi connectivity index (χ4n) is 1.45. The van der Waals surface area contributed by atoms with Crippen molar-refractivity contribution in [3.05, 3.63) is 16.6 Å². The van der Waals surface area contributed by atoms with E-state index in [1.165, 1.54) is 20.3 Å². The average Bonchev–Trinajstić information content (AvgIpc) is 2.37. The number of sulfonamides is 1. The smallest absolute Gasteiger partial charge is 0.242 e. The van der Waals surface area contributed by atoms with Gasteiger partial charge in [0.2, 0.25) is 10.0 Å². The van der Waals surface area contributed by atoms with Crippen LogP contribution in [-0.2, 0) is 10.0 Å². The predicted octanol–water partition coefficient (Wildman–Crippen LogP) is 2.54. The maximum absolute atomic E-state index is 12.3. The van der Waals surface area contributed by atoms with Crippen LogP contribution in [-0.4, -0.2) is 28.7 Å². The topological polar surface area (TPSA) is 64.6 Å². The molecule has 0 bridgehead atoms. The van der Waals surface area contributed by atoms with Crippen LogP contribution < -0.4 is 14.2 Å². The van der Waals surface area contributed by atoms with Crippen molar-refractivity contribution < 1.29 is 17.9 Å². The van der Waals surface area contributed by atoms with Gasteiger partial charge in [-0.2, -0.15) is 0 Å². The molecule has 108 valence electrons. The van der Waals surface area contributed by atoms with E-state index in [1.54, 1.807) is 6.07 Å². The van der Waals surface area contributed by atoms with Crippen molar-refractivity contribution in [1.29, 1.82) is 0 Å². The summed E-state index contributed by atoms with van der Waals surface area (Å²) in [4.78, 5) is 0.130. The number of ether oxygens (including phenoxy) is 2. The highest BCUT2D eigenvalue weighted by Gasteiger charge is 2.22. The van der Waals surface area contributed by atoms with Gasteiger partial charge in [0.05, 0.1) is 14.2 Å². The van der Waals surface area contributed by atoms with E-state index in [0.717, 1.165) is 0 Å². The van der Waals surface area contributed by atoms with Crippen molar-refractivity contribution in [2.24, 2.45) is 0 Å². The Labute approximate surface area is 122 Å². The monoisotopic (exact) mass is 351 g/mol. The fourth-order valence-corrected chi connectivity index (χ4v) is 3.82. The summed E-state index contributed by atoms with van der Waals surface area (Å²) < 4.78 is 37.8. The highest BCUT2D eigenvalue weighted by atomic mass is 79.9. The molecule has 0 heterocycles. The largest absolute Gasteiger partial charge is 0.493 e. The van der Waals surface area contributed by atoms with Gasteiger partial charge < -0.3 is 9.47 Å². The summed E-state index contributed by atoms with van der Waals surface area (Å²) in [5.41, 5.74) is 0.